The number of hydrogen-bond acceptors (Lipinski definition) is 6. The first-order valence-corrected chi connectivity index (χ1v) is 8.23. The standard InChI is InChI=1S/C17H20F2N4O2/c18-16(19)25-13-1-8(5-23-15(13)22)11(20)2-12(21)14-9-3-17(4-10(9)14)6-24-7-17/h1-2,5,9-10,14,16,21H,3-4,6-7,20H2,(H2,22,23). The summed E-state index contributed by atoms with van der Waals surface area (Å²) in [5.74, 6) is 0.982. The number of aromatic nitrogens is 1. The van der Waals surface area contributed by atoms with E-state index < -0.39 is 6.61 Å². The van der Waals surface area contributed by atoms with E-state index in [1.807, 2.05) is 0 Å². The molecule has 2 unspecified atom stereocenters. The maximum atomic E-state index is 12.4. The summed E-state index contributed by atoms with van der Waals surface area (Å²) in [4.78, 5) is 3.83. The molecule has 0 amide bonds. The number of allylic oxidation sites excluding steroid dienone is 1. The van der Waals surface area contributed by atoms with Crippen LogP contribution in [0.4, 0.5) is 14.6 Å². The van der Waals surface area contributed by atoms with Crippen molar-refractivity contribution in [3.8, 4) is 5.75 Å². The Labute approximate surface area is 143 Å². The lowest BCUT2D eigenvalue weighted by Gasteiger charge is -2.40. The third-order valence-corrected chi connectivity index (χ3v) is 5.59. The third-order valence-electron chi connectivity index (χ3n) is 5.59. The van der Waals surface area contributed by atoms with Crippen LogP contribution >= 0.6 is 0 Å². The minimum Gasteiger partial charge on any atom is -0.431 e. The Hall–Kier alpha value is -2.22. The van der Waals surface area contributed by atoms with Crippen molar-refractivity contribution >= 4 is 17.2 Å². The molecule has 1 spiro atoms. The van der Waals surface area contributed by atoms with Gasteiger partial charge in [0.1, 0.15) is 0 Å². The van der Waals surface area contributed by atoms with Gasteiger partial charge in [-0.25, -0.2) is 4.98 Å². The molecule has 2 saturated carbocycles. The van der Waals surface area contributed by atoms with Crippen LogP contribution in [0, 0.1) is 28.6 Å². The van der Waals surface area contributed by atoms with Gasteiger partial charge in [0.05, 0.1) is 13.2 Å². The van der Waals surface area contributed by atoms with Crippen LogP contribution < -0.4 is 16.2 Å². The van der Waals surface area contributed by atoms with Gasteiger partial charge in [-0.3, -0.25) is 0 Å². The van der Waals surface area contributed by atoms with Crippen LogP contribution in [0.25, 0.3) is 5.70 Å². The molecule has 3 fully saturated rings. The predicted octanol–water partition coefficient (Wildman–Crippen LogP) is 2.26. The summed E-state index contributed by atoms with van der Waals surface area (Å²) in [6, 6.07) is 1.32. The van der Waals surface area contributed by atoms with Gasteiger partial charge in [0.2, 0.25) is 0 Å². The highest BCUT2D eigenvalue weighted by Gasteiger charge is 2.64. The van der Waals surface area contributed by atoms with Gasteiger partial charge in [-0.1, -0.05) is 0 Å². The van der Waals surface area contributed by atoms with Crippen LogP contribution in [0.15, 0.2) is 18.3 Å². The van der Waals surface area contributed by atoms with Crippen LogP contribution in [0.2, 0.25) is 0 Å². The fraction of sp³-hybridized carbons (Fsp3) is 0.529. The number of nitrogens with two attached hydrogens (primary N) is 2. The Kier molecular flexibility index (Phi) is 3.68. The molecule has 0 aromatic carbocycles. The van der Waals surface area contributed by atoms with Crippen molar-refractivity contribution in [3.63, 3.8) is 0 Å². The summed E-state index contributed by atoms with van der Waals surface area (Å²) in [6.45, 7) is -1.29. The fourth-order valence-electron chi connectivity index (χ4n) is 4.32. The van der Waals surface area contributed by atoms with Crippen molar-refractivity contribution in [2.24, 2.45) is 28.9 Å². The van der Waals surface area contributed by atoms with Gasteiger partial charge in [-0.2, -0.15) is 8.78 Å². The summed E-state index contributed by atoms with van der Waals surface area (Å²) in [5, 5.41) is 8.31. The molecule has 4 rings (SSSR count). The van der Waals surface area contributed by atoms with Crippen molar-refractivity contribution in [2.45, 2.75) is 19.5 Å². The molecule has 25 heavy (non-hydrogen) atoms. The van der Waals surface area contributed by atoms with Crippen LogP contribution in [0.1, 0.15) is 18.4 Å². The Bertz CT molecular complexity index is 734. The second-order valence-electron chi connectivity index (χ2n) is 7.30. The monoisotopic (exact) mass is 350 g/mol. The lowest BCUT2D eigenvalue weighted by atomic mass is 9.79. The number of alkyl halides is 2. The number of nitrogens with zero attached hydrogens (tertiary/aromatic N) is 1. The second kappa shape index (κ2) is 5.66. The van der Waals surface area contributed by atoms with Gasteiger partial charge in [0, 0.05) is 34.5 Å². The zero-order chi connectivity index (χ0) is 17.8. The number of halogens is 2. The number of pyridine rings is 1. The van der Waals surface area contributed by atoms with Crippen LogP contribution in [0.3, 0.4) is 0 Å². The molecule has 5 N–H and O–H groups in total. The minimum absolute atomic E-state index is 0.128. The lowest BCUT2D eigenvalue weighted by molar-refractivity contribution is -0.115. The summed E-state index contributed by atoms with van der Waals surface area (Å²) >= 11 is 0. The highest BCUT2D eigenvalue weighted by Crippen LogP contribution is 2.66. The Morgan fingerprint density at radius 3 is 2.64 bits per heavy atom. The van der Waals surface area contributed by atoms with Crippen molar-refractivity contribution in [3.05, 3.63) is 23.9 Å². The van der Waals surface area contributed by atoms with Crippen LogP contribution in [-0.2, 0) is 4.74 Å². The van der Waals surface area contributed by atoms with Gasteiger partial charge in [-0.05, 0) is 36.8 Å². The summed E-state index contributed by atoms with van der Waals surface area (Å²) < 4.78 is 34.4. The van der Waals surface area contributed by atoms with E-state index in [9.17, 15) is 8.78 Å². The molecule has 1 saturated heterocycles. The first kappa shape index (κ1) is 16.3. The van der Waals surface area contributed by atoms with Gasteiger partial charge in [0.15, 0.2) is 11.6 Å². The Morgan fingerprint density at radius 2 is 2.08 bits per heavy atom. The van der Waals surface area contributed by atoms with Crippen molar-refractivity contribution < 1.29 is 18.3 Å². The largest absolute Gasteiger partial charge is 0.431 e. The number of ether oxygens (including phenoxy) is 2. The second-order valence-corrected chi connectivity index (χ2v) is 7.30. The van der Waals surface area contributed by atoms with E-state index in [1.165, 1.54) is 12.3 Å². The first-order chi connectivity index (χ1) is 11.9. The molecule has 2 heterocycles. The van der Waals surface area contributed by atoms with E-state index in [2.05, 4.69) is 9.72 Å². The van der Waals surface area contributed by atoms with Crippen molar-refractivity contribution in [2.75, 3.05) is 18.9 Å². The molecule has 3 aliphatic rings. The number of hydrogen-bond donors (Lipinski definition) is 3. The smallest absolute Gasteiger partial charge is 0.387 e. The number of anilines is 1. The molecule has 0 bridgehead atoms. The Balaban J connectivity index is 1.44. The summed E-state index contributed by atoms with van der Waals surface area (Å²) in [6.07, 6.45) is 5.22. The number of nitrogens with one attached hydrogen (secondary N) is 1. The topological polar surface area (TPSA) is 107 Å². The van der Waals surface area contributed by atoms with Crippen LogP contribution in [0.5, 0.6) is 5.75 Å². The highest BCUT2D eigenvalue weighted by molar-refractivity contribution is 6.02. The third kappa shape index (κ3) is 2.84. The average Bonchev–Trinajstić information content (AvgIpc) is 3.03. The molecule has 1 aliphatic heterocycles. The van der Waals surface area contributed by atoms with Gasteiger partial charge in [-0.15, -0.1) is 0 Å². The van der Waals surface area contributed by atoms with E-state index in [0.717, 1.165) is 26.1 Å². The van der Waals surface area contributed by atoms with Gasteiger partial charge < -0.3 is 26.4 Å². The lowest BCUT2D eigenvalue weighted by Crippen LogP contribution is -2.41. The molecule has 2 atom stereocenters. The Morgan fingerprint density at radius 1 is 1.40 bits per heavy atom. The molecule has 134 valence electrons. The van der Waals surface area contributed by atoms with Crippen molar-refractivity contribution in [1.82, 2.24) is 4.98 Å². The van der Waals surface area contributed by atoms with E-state index in [-0.39, 0.29) is 17.5 Å². The average molecular weight is 350 g/mol. The van der Waals surface area contributed by atoms with E-state index in [1.54, 1.807) is 6.08 Å². The van der Waals surface area contributed by atoms with E-state index in [0.29, 0.717) is 34.2 Å². The van der Waals surface area contributed by atoms with E-state index in [4.69, 9.17) is 21.6 Å². The highest BCUT2D eigenvalue weighted by atomic mass is 19.3. The number of fused-ring (bicyclic) bond motifs is 1. The van der Waals surface area contributed by atoms with Gasteiger partial charge >= 0.3 is 6.61 Å². The fourth-order valence-corrected chi connectivity index (χ4v) is 4.32. The number of rotatable bonds is 5. The maximum absolute atomic E-state index is 12.4. The zero-order valence-electron chi connectivity index (χ0n) is 13.5. The molecule has 6 nitrogen and oxygen atoms in total. The quantitative estimate of drug-likeness (QED) is 0.706. The predicted molar refractivity (Wildman–Crippen MR) is 88.1 cm³/mol. The first-order valence-electron chi connectivity index (χ1n) is 8.23. The molecule has 1 aromatic rings. The molecule has 0 radical (unpaired) electrons. The summed E-state index contributed by atoms with van der Waals surface area (Å²) in [7, 11) is 0. The SMILES string of the molecule is N=C(C=C(N)c1cnc(N)c(OC(F)F)c1)C1C2CC3(COC3)CC21. The normalized spacial score (nSPS) is 29.4. The van der Waals surface area contributed by atoms with Crippen LogP contribution in [-0.4, -0.2) is 30.5 Å². The molecule has 2 aliphatic carbocycles. The van der Waals surface area contributed by atoms with Crippen molar-refractivity contribution in [1.29, 1.82) is 5.41 Å². The molecular weight excluding hydrogens is 330 g/mol. The van der Waals surface area contributed by atoms with E-state index >= 15 is 0 Å². The molecule has 1 aromatic heterocycles. The minimum atomic E-state index is -2.99. The maximum Gasteiger partial charge on any atom is 0.387 e. The van der Waals surface area contributed by atoms with Gasteiger partial charge in [0.25, 0.3) is 0 Å². The zero-order valence-corrected chi connectivity index (χ0v) is 13.5. The number of nitrogen functional groups attached to an aromatic ring is 1. The summed E-state index contributed by atoms with van der Waals surface area (Å²) in [5.41, 5.74) is 13.1. The molecule has 8 heteroatoms. The molecular formula is C17H20F2N4O2.